The summed E-state index contributed by atoms with van der Waals surface area (Å²) >= 11 is 0. The minimum absolute atomic E-state index is 0.225. The lowest BCUT2D eigenvalue weighted by Crippen LogP contribution is -2.34. The second-order valence-electron chi connectivity index (χ2n) is 9.04. The van der Waals surface area contributed by atoms with Crippen molar-refractivity contribution in [1.82, 2.24) is 0 Å². The molecule has 0 atom stereocenters. The van der Waals surface area contributed by atoms with Crippen molar-refractivity contribution in [1.29, 1.82) is 0 Å². The van der Waals surface area contributed by atoms with Crippen LogP contribution >= 0.6 is 0 Å². The fourth-order valence-corrected chi connectivity index (χ4v) is 3.97. The maximum absolute atomic E-state index is 5.51. The molecule has 1 aliphatic rings. The van der Waals surface area contributed by atoms with Gasteiger partial charge in [-0.15, -0.1) is 0 Å². The standard InChI is InChI=1S/C25H32O/c1-18-7-9-19(10-8-18)11-12-20-15-22-23(16-21(20)17-26-6)25(4,5)14-13-24(22,2)3/h7-12,15-16H,13-14,17H2,1-6H3/b12-11+. The van der Waals surface area contributed by atoms with Crippen molar-refractivity contribution in [3.05, 3.63) is 69.8 Å². The van der Waals surface area contributed by atoms with Gasteiger partial charge in [0.1, 0.15) is 0 Å². The molecule has 0 amide bonds. The molecule has 2 aromatic carbocycles. The van der Waals surface area contributed by atoms with Crippen LogP contribution in [0, 0.1) is 6.92 Å². The van der Waals surface area contributed by atoms with Gasteiger partial charge in [-0.3, -0.25) is 0 Å². The SMILES string of the molecule is COCc1cc2c(cc1/C=C/c1ccc(C)cc1)C(C)(C)CCC2(C)C. The van der Waals surface area contributed by atoms with Gasteiger partial charge in [0.2, 0.25) is 0 Å². The smallest absolute Gasteiger partial charge is 0.0718 e. The molecule has 0 unspecified atom stereocenters. The molecule has 1 nitrogen and oxygen atoms in total. The first kappa shape index (κ1) is 18.9. The Balaban J connectivity index is 2.08. The minimum Gasteiger partial charge on any atom is -0.380 e. The van der Waals surface area contributed by atoms with E-state index in [4.69, 9.17) is 4.74 Å². The van der Waals surface area contributed by atoms with E-state index in [0.717, 1.165) is 0 Å². The van der Waals surface area contributed by atoms with E-state index in [0.29, 0.717) is 6.61 Å². The van der Waals surface area contributed by atoms with E-state index in [2.05, 4.69) is 83.2 Å². The summed E-state index contributed by atoms with van der Waals surface area (Å²) in [6.07, 6.45) is 6.92. The molecule has 0 saturated heterocycles. The Morgan fingerprint density at radius 3 is 2.04 bits per heavy atom. The third kappa shape index (κ3) is 3.78. The number of fused-ring (bicyclic) bond motifs is 1. The molecule has 0 fully saturated rings. The zero-order valence-electron chi connectivity index (χ0n) is 17.1. The maximum atomic E-state index is 5.51. The van der Waals surface area contributed by atoms with E-state index in [-0.39, 0.29) is 10.8 Å². The number of rotatable bonds is 4. The lowest BCUT2D eigenvalue weighted by molar-refractivity contribution is 0.184. The van der Waals surface area contributed by atoms with Crippen molar-refractivity contribution in [2.45, 2.75) is 64.9 Å². The van der Waals surface area contributed by atoms with Crippen LogP contribution in [0.2, 0.25) is 0 Å². The highest BCUT2D eigenvalue weighted by atomic mass is 16.5. The molecule has 0 bridgehead atoms. The minimum atomic E-state index is 0.225. The highest BCUT2D eigenvalue weighted by molar-refractivity contribution is 5.72. The normalized spacial score (nSPS) is 18.1. The molecule has 0 saturated carbocycles. The predicted octanol–water partition coefficient (Wildman–Crippen LogP) is 6.66. The number of methoxy groups -OCH3 is 1. The van der Waals surface area contributed by atoms with Gasteiger partial charge < -0.3 is 4.74 Å². The van der Waals surface area contributed by atoms with E-state index in [1.807, 2.05) is 0 Å². The Kier molecular flexibility index (Phi) is 5.12. The number of aryl methyl sites for hydroxylation is 1. The van der Waals surface area contributed by atoms with E-state index < -0.39 is 0 Å². The summed E-state index contributed by atoms with van der Waals surface area (Å²) in [4.78, 5) is 0. The average molecular weight is 349 g/mol. The highest BCUT2D eigenvalue weighted by Gasteiger charge is 2.37. The molecule has 0 aliphatic heterocycles. The van der Waals surface area contributed by atoms with Crippen molar-refractivity contribution >= 4 is 12.2 Å². The fraction of sp³-hybridized carbons (Fsp3) is 0.440. The molecule has 138 valence electrons. The van der Waals surface area contributed by atoms with Crippen LogP contribution in [0.15, 0.2) is 36.4 Å². The molecular weight excluding hydrogens is 316 g/mol. The van der Waals surface area contributed by atoms with Gasteiger partial charge in [0.05, 0.1) is 6.61 Å². The van der Waals surface area contributed by atoms with Crippen LogP contribution in [0.5, 0.6) is 0 Å². The lowest BCUT2D eigenvalue weighted by Gasteiger charge is -2.42. The van der Waals surface area contributed by atoms with Crippen LogP contribution < -0.4 is 0 Å². The molecular formula is C25H32O. The monoisotopic (exact) mass is 348 g/mol. The molecule has 2 aromatic rings. The summed E-state index contributed by atoms with van der Waals surface area (Å²) in [5, 5.41) is 0. The van der Waals surface area contributed by atoms with Crippen LogP contribution in [0.1, 0.15) is 73.9 Å². The fourth-order valence-electron chi connectivity index (χ4n) is 3.97. The lowest BCUT2D eigenvalue weighted by atomic mass is 9.62. The summed E-state index contributed by atoms with van der Waals surface area (Å²) < 4.78 is 5.51. The van der Waals surface area contributed by atoms with Crippen LogP contribution in [0.25, 0.3) is 12.2 Å². The third-order valence-corrected chi connectivity index (χ3v) is 5.95. The molecule has 0 N–H and O–H groups in total. The van der Waals surface area contributed by atoms with Gasteiger partial charge in [-0.1, -0.05) is 81.8 Å². The summed E-state index contributed by atoms with van der Waals surface area (Å²) in [5.74, 6) is 0. The van der Waals surface area contributed by atoms with Gasteiger partial charge in [-0.25, -0.2) is 0 Å². The van der Waals surface area contributed by atoms with Gasteiger partial charge in [0, 0.05) is 7.11 Å². The Hall–Kier alpha value is -1.86. The average Bonchev–Trinajstić information content (AvgIpc) is 2.59. The quantitative estimate of drug-likeness (QED) is 0.561. The van der Waals surface area contributed by atoms with Crippen molar-refractivity contribution in [2.75, 3.05) is 7.11 Å². The van der Waals surface area contributed by atoms with E-state index in [1.165, 1.54) is 46.2 Å². The highest BCUT2D eigenvalue weighted by Crippen LogP contribution is 2.46. The summed E-state index contributed by atoms with van der Waals surface area (Å²) in [5.41, 5.74) is 8.52. The first-order valence-electron chi connectivity index (χ1n) is 9.64. The number of benzene rings is 2. The molecule has 3 rings (SSSR count). The van der Waals surface area contributed by atoms with E-state index in [1.54, 1.807) is 7.11 Å². The van der Waals surface area contributed by atoms with Crippen molar-refractivity contribution in [2.24, 2.45) is 0 Å². The number of ether oxygens (including phenoxy) is 1. The Labute approximate surface area is 159 Å². The Morgan fingerprint density at radius 2 is 1.46 bits per heavy atom. The number of hydrogen-bond acceptors (Lipinski definition) is 1. The van der Waals surface area contributed by atoms with Gasteiger partial charge in [-0.05, 0) is 58.4 Å². The van der Waals surface area contributed by atoms with E-state index >= 15 is 0 Å². The molecule has 1 aliphatic carbocycles. The largest absolute Gasteiger partial charge is 0.380 e. The summed E-state index contributed by atoms with van der Waals surface area (Å²) in [6, 6.07) is 13.5. The van der Waals surface area contributed by atoms with Gasteiger partial charge in [0.25, 0.3) is 0 Å². The molecule has 26 heavy (non-hydrogen) atoms. The first-order valence-corrected chi connectivity index (χ1v) is 9.64. The summed E-state index contributed by atoms with van der Waals surface area (Å²) in [6.45, 7) is 12.3. The van der Waals surface area contributed by atoms with E-state index in [9.17, 15) is 0 Å². The Morgan fingerprint density at radius 1 is 0.885 bits per heavy atom. The molecule has 0 radical (unpaired) electrons. The van der Waals surface area contributed by atoms with Gasteiger partial charge in [0.15, 0.2) is 0 Å². The second kappa shape index (κ2) is 7.04. The zero-order valence-corrected chi connectivity index (χ0v) is 17.1. The van der Waals surface area contributed by atoms with Crippen LogP contribution in [0.4, 0.5) is 0 Å². The first-order chi connectivity index (χ1) is 12.2. The van der Waals surface area contributed by atoms with Crippen LogP contribution in [-0.2, 0) is 22.2 Å². The maximum Gasteiger partial charge on any atom is 0.0718 e. The van der Waals surface area contributed by atoms with Crippen molar-refractivity contribution in [3.63, 3.8) is 0 Å². The van der Waals surface area contributed by atoms with Gasteiger partial charge in [-0.2, -0.15) is 0 Å². The van der Waals surface area contributed by atoms with Crippen LogP contribution in [-0.4, -0.2) is 7.11 Å². The molecule has 0 spiro atoms. The van der Waals surface area contributed by atoms with Gasteiger partial charge >= 0.3 is 0 Å². The van der Waals surface area contributed by atoms with Crippen molar-refractivity contribution < 1.29 is 4.74 Å². The van der Waals surface area contributed by atoms with Crippen molar-refractivity contribution in [3.8, 4) is 0 Å². The third-order valence-electron chi connectivity index (χ3n) is 5.95. The number of hydrogen-bond donors (Lipinski definition) is 0. The van der Waals surface area contributed by atoms with Crippen LogP contribution in [0.3, 0.4) is 0 Å². The predicted molar refractivity (Wildman–Crippen MR) is 113 cm³/mol. The summed E-state index contributed by atoms with van der Waals surface area (Å²) in [7, 11) is 1.78. The second-order valence-corrected chi connectivity index (χ2v) is 9.04. The zero-order chi connectivity index (χ0) is 18.9. The molecule has 0 heterocycles. The molecule has 1 heteroatoms. The topological polar surface area (TPSA) is 9.23 Å². The Bertz CT molecular complexity index is 807. The molecule has 0 aromatic heterocycles.